The Kier molecular flexibility index (Phi) is 5.20. The number of aryl methyl sites for hydroxylation is 1. The van der Waals surface area contributed by atoms with E-state index in [1.54, 1.807) is 30.7 Å². The van der Waals surface area contributed by atoms with Crippen LogP contribution in [0.25, 0.3) is 0 Å². The molecule has 3 N–H and O–H groups in total. The number of carbonyl (C=O) groups is 1. The van der Waals surface area contributed by atoms with Gasteiger partial charge in [-0.2, -0.15) is 0 Å². The van der Waals surface area contributed by atoms with Crippen LogP contribution in [0.5, 0.6) is 5.75 Å². The smallest absolute Gasteiger partial charge is 0.257 e. The van der Waals surface area contributed by atoms with Crippen molar-refractivity contribution in [3.63, 3.8) is 0 Å². The molecule has 0 aliphatic carbocycles. The molecule has 1 amide bonds. The molecule has 21 heavy (non-hydrogen) atoms. The summed E-state index contributed by atoms with van der Waals surface area (Å²) in [7, 11) is 0. The zero-order valence-corrected chi connectivity index (χ0v) is 12.1. The van der Waals surface area contributed by atoms with Crippen LogP contribution >= 0.6 is 0 Å². The van der Waals surface area contributed by atoms with Crippen LogP contribution in [-0.2, 0) is 6.54 Å². The van der Waals surface area contributed by atoms with Gasteiger partial charge in [-0.25, -0.2) is 4.98 Å². The second-order valence-electron chi connectivity index (χ2n) is 4.56. The summed E-state index contributed by atoms with van der Waals surface area (Å²) in [5.74, 6) is 0.312. The van der Waals surface area contributed by atoms with Gasteiger partial charge < -0.3 is 20.4 Å². The van der Waals surface area contributed by atoms with Crippen molar-refractivity contribution in [2.45, 2.75) is 19.9 Å². The fraction of sp³-hybridized carbons (Fsp3) is 0.333. The van der Waals surface area contributed by atoms with E-state index in [1.165, 1.54) is 0 Å². The molecule has 0 aliphatic rings. The Bertz CT molecular complexity index is 581. The van der Waals surface area contributed by atoms with Gasteiger partial charge in [-0.1, -0.05) is 6.07 Å². The minimum absolute atomic E-state index is 0.206. The van der Waals surface area contributed by atoms with Crippen molar-refractivity contribution in [2.24, 2.45) is 0 Å². The maximum atomic E-state index is 12.2. The van der Waals surface area contributed by atoms with Crippen molar-refractivity contribution in [1.29, 1.82) is 0 Å². The highest BCUT2D eigenvalue weighted by molar-refractivity contribution is 6.01. The van der Waals surface area contributed by atoms with E-state index in [0.717, 1.165) is 13.0 Å². The standard InChI is InChI=1S/C15H20N4O2/c1-2-21-13-6-3-5-12(16)14(13)15(20)18-7-4-9-19-10-8-17-11-19/h3,5-6,8,10-11H,2,4,7,9,16H2,1H3,(H,18,20). The topological polar surface area (TPSA) is 82.2 Å². The molecule has 2 aromatic rings. The SMILES string of the molecule is CCOc1cccc(N)c1C(=O)NCCCn1ccnc1. The number of nitrogens with one attached hydrogen (secondary N) is 1. The Morgan fingerprint density at radius 1 is 1.48 bits per heavy atom. The molecule has 0 spiro atoms. The Morgan fingerprint density at radius 2 is 2.33 bits per heavy atom. The van der Waals surface area contributed by atoms with Gasteiger partial charge in [0.05, 0.1) is 12.9 Å². The maximum absolute atomic E-state index is 12.2. The molecule has 1 aromatic carbocycles. The summed E-state index contributed by atoms with van der Waals surface area (Å²) in [6, 6.07) is 5.22. The fourth-order valence-corrected chi connectivity index (χ4v) is 2.04. The lowest BCUT2D eigenvalue weighted by Gasteiger charge is -2.12. The number of rotatable bonds is 7. The summed E-state index contributed by atoms with van der Waals surface area (Å²) in [6.07, 6.45) is 6.20. The average molecular weight is 288 g/mol. The van der Waals surface area contributed by atoms with Crippen molar-refractivity contribution in [1.82, 2.24) is 14.9 Å². The van der Waals surface area contributed by atoms with E-state index in [4.69, 9.17) is 10.5 Å². The third-order valence-corrected chi connectivity index (χ3v) is 3.02. The van der Waals surface area contributed by atoms with E-state index in [2.05, 4.69) is 10.3 Å². The molecule has 6 nitrogen and oxygen atoms in total. The van der Waals surface area contributed by atoms with Gasteiger partial charge in [0.15, 0.2) is 0 Å². The number of nitrogens with zero attached hydrogens (tertiary/aromatic N) is 2. The summed E-state index contributed by atoms with van der Waals surface area (Å²) in [6.45, 7) is 3.74. The van der Waals surface area contributed by atoms with Gasteiger partial charge in [0.2, 0.25) is 0 Å². The predicted molar refractivity (Wildman–Crippen MR) is 81.2 cm³/mol. The summed E-state index contributed by atoms with van der Waals surface area (Å²) in [5, 5.41) is 2.87. The lowest BCUT2D eigenvalue weighted by Crippen LogP contribution is -2.26. The van der Waals surface area contributed by atoms with Crippen LogP contribution in [0.2, 0.25) is 0 Å². The first-order valence-electron chi connectivity index (χ1n) is 6.97. The quantitative estimate of drug-likeness (QED) is 0.600. The van der Waals surface area contributed by atoms with E-state index in [1.807, 2.05) is 17.7 Å². The van der Waals surface area contributed by atoms with Crippen molar-refractivity contribution in [2.75, 3.05) is 18.9 Å². The van der Waals surface area contributed by atoms with E-state index in [-0.39, 0.29) is 5.91 Å². The Hall–Kier alpha value is -2.50. The number of imidazole rings is 1. The molecule has 6 heteroatoms. The van der Waals surface area contributed by atoms with E-state index in [0.29, 0.717) is 30.2 Å². The molecule has 112 valence electrons. The molecule has 0 saturated heterocycles. The number of nitrogens with two attached hydrogens (primary N) is 1. The molecule has 0 fully saturated rings. The fourth-order valence-electron chi connectivity index (χ4n) is 2.04. The van der Waals surface area contributed by atoms with Crippen molar-refractivity contribution in [3.8, 4) is 5.75 Å². The van der Waals surface area contributed by atoms with Crippen LogP contribution in [0, 0.1) is 0 Å². The molecule has 0 radical (unpaired) electrons. The minimum Gasteiger partial charge on any atom is -0.493 e. The lowest BCUT2D eigenvalue weighted by atomic mass is 10.1. The molecule has 0 atom stereocenters. The monoisotopic (exact) mass is 288 g/mol. The Balaban J connectivity index is 1.90. The van der Waals surface area contributed by atoms with Gasteiger partial charge in [0.1, 0.15) is 11.3 Å². The first kappa shape index (κ1) is 14.9. The molecule has 2 rings (SSSR count). The van der Waals surface area contributed by atoms with Gasteiger partial charge in [-0.3, -0.25) is 4.79 Å². The van der Waals surface area contributed by atoms with Crippen LogP contribution in [0.4, 0.5) is 5.69 Å². The van der Waals surface area contributed by atoms with Gasteiger partial charge in [0.25, 0.3) is 5.91 Å². The zero-order chi connectivity index (χ0) is 15.1. The van der Waals surface area contributed by atoms with Crippen molar-refractivity contribution in [3.05, 3.63) is 42.5 Å². The number of amides is 1. The Labute approximate surface area is 123 Å². The normalized spacial score (nSPS) is 10.3. The van der Waals surface area contributed by atoms with E-state index in [9.17, 15) is 4.79 Å². The molecule has 1 aromatic heterocycles. The first-order valence-corrected chi connectivity index (χ1v) is 6.97. The number of hydrogen-bond donors (Lipinski definition) is 2. The molecule has 0 bridgehead atoms. The average Bonchev–Trinajstić information content (AvgIpc) is 2.97. The van der Waals surface area contributed by atoms with Gasteiger partial charge >= 0.3 is 0 Å². The number of carbonyl (C=O) groups excluding carboxylic acids is 1. The van der Waals surface area contributed by atoms with Gasteiger partial charge in [-0.05, 0) is 25.5 Å². The second-order valence-corrected chi connectivity index (χ2v) is 4.56. The van der Waals surface area contributed by atoms with Crippen LogP contribution in [0.15, 0.2) is 36.9 Å². The summed E-state index contributed by atoms with van der Waals surface area (Å²) in [4.78, 5) is 16.2. The number of anilines is 1. The van der Waals surface area contributed by atoms with Crippen molar-refractivity contribution >= 4 is 11.6 Å². The summed E-state index contributed by atoms with van der Waals surface area (Å²) < 4.78 is 7.42. The minimum atomic E-state index is -0.206. The van der Waals surface area contributed by atoms with Crippen LogP contribution < -0.4 is 15.8 Å². The molecule has 0 saturated carbocycles. The third-order valence-electron chi connectivity index (χ3n) is 3.02. The highest BCUT2D eigenvalue weighted by atomic mass is 16.5. The second kappa shape index (κ2) is 7.33. The summed E-state index contributed by atoms with van der Waals surface area (Å²) >= 11 is 0. The van der Waals surface area contributed by atoms with E-state index < -0.39 is 0 Å². The lowest BCUT2D eigenvalue weighted by molar-refractivity contribution is 0.0950. The van der Waals surface area contributed by atoms with Crippen LogP contribution in [-0.4, -0.2) is 28.6 Å². The highest BCUT2D eigenvalue weighted by Gasteiger charge is 2.15. The highest BCUT2D eigenvalue weighted by Crippen LogP contribution is 2.24. The van der Waals surface area contributed by atoms with Crippen LogP contribution in [0.3, 0.4) is 0 Å². The molecule has 0 unspecified atom stereocenters. The zero-order valence-electron chi connectivity index (χ0n) is 12.1. The molecular weight excluding hydrogens is 268 g/mol. The molecule has 0 aliphatic heterocycles. The third kappa shape index (κ3) is 3.98. The predicted octanol–water partition coefficient (Wildman–Crippen LogP) is 1.68. The van der Waals surface area contributed by atoms with E-state index >= 15 is 0 Å². The number of benzene rings is 1. The molecule has 1 heterocycles. The van der Waals surface area contributed by atoms with Gasteiger partial charge in [-0.15, -0.1) is 0 Å². The number of nitrogen functional groups attached to an aromatic ring is 1. The molecular formula is C15H20N4O2. The van der Waals surface area contributed by atoms with Crippen LogP contribution in [0.1, 0.15) is 23.7 Å². The number of aromatic nitrogens is 2. The number of ether oxygens (including phenoxy) is 1. The Morgan fingerprint density at radius 3 is 3.05 bits per heavy atom. The van der Waals surface area contributed by atoms with Gasteiger partial charge in [0, 0.05) is 31.2 Å². The largest absolute Gasteiger partial charge is 0.493 e. The van der Waals surface area contributed by atoms with Crippen molar-refractivity contribution < 1.29 is 9.53 Å². The number of hydrogen-bond acceptors (Lipinski definition) is 4. The first-order chi connectivity index (χ1) is 10.2. The maximum Gasteiger partial charge on any atom is 0.257 e. The summed E-state index contributed by atoms with van der Waals surface area (Å²) in [5.41, 5.74) is 6.71.